The largest absolute Gasteiger partial charge is 0.497 e. The second kappa shape index (κ2) is 9.59. The highest BCUT2D eigenvalue weighted by molar-refractivity contribution is 14.0. The van der Waals surface area contributed by atoms with E-state index in [1.165, 1.54) is 0 Å². The summed E-state index contributed by atoms with van der Waals surface area (Å²) in [6.45, 7) is 0.960. The molecule has 8 nitrogen and oxygen atoms in total. The fourth-order valence-corrected chi connectivity index (χ4v) is 3.11. The smallest absolute Gasteiger partial charge is 0.189 e. The maximum Gasteiger partial charge on any atom is 0.189 e. The molecule has 1 aromatic heterocycles. The minimum atomic E-state index is 0. The molecule has 2 heterocycles. The molecule has 0 spiro atoms. The lowest BCUT2D eigenvalue weighted by molar-refractivity contribution is 0.262. The summed E-state index contributed by atoms with van der Waals surface area (Å²) in [7, 11) is 1.63. The highest BCUT2D eigenvalue weighted by Gasteiger charge is 2.21. The van der Waals surface area contributed by atoms with Crippen LogP contribution in [-0.4, -0.2) is 34.9 Å². The Kier molecular flexibility index (Phi) is 6.91. The molecule has 0 fully saturated rings. The molecule has 152 valence electrons. The number of aromatic nitrogens is 3. The second-order valence-corrected chi connectivity index (χ2v) is 6.41. The summed E-state index contributed by atoms with van der Waals surface area (Å²) >= 11 is 0. The number of nitrogens with zero attached hydrogens (tertiary/aromatic N) is 3. The van der Waals surface area contributed by atoms with Crippen molar-refractivity contribution in [2.24, 2.45) is 10.7 Å². The van der Waals surface area contributed by atoms with Gasteiger partial charge in [-0.15, -0.1) is 24.0 Å². The first-order chi connectivity index (χ1) is 13.7. The number of halogens is 1. The number of guanidine groups is 1. The molecule has 0 radical (unpaired) electrons. The van der Waals surface area contributed by atoms with E-state index in [2.05, 4.69) is 25.5 Å². The number of aliphatic imine (C=N–C) groups is 1. The molecule has 29 heavy (non-hydrogen) atoms. The van der Waals surface area contributed by atoms with Crippen molar-refractivity contribution in [1.82, 2.24) is 20.5 Å². The quantitative estimate of drug-likeness (QED) is 0.279. The third-order valence-electron chi connectivity index (χ3n) is 4.56. The van der Waals surface area contributed by atoms with Crippen molar-refractivity contribution in [3.8, 4) is 22.9 Å². The van der Waals surface area contributed by atoms with Crippen LogP contribution in [0.2, 0.25) is 0 Å². The number of nitrogens with one attached hydrogen (secondary N) is 2. The summed E-state index contributed by atoms with van der Waals surface area (Å²) in [4.78, 5) is 8.86. The first kappa shape index (κ1) is 20.9. The molecule has 4 rings (SSSR count). The molecule has 0 aliphatic carbocycles. The van der Waals surface area contributed by atoms with Gasteiger partial charge in [-0.05, 0) is 30.3 Å². The lowest BCUT2D eigenvalue weighted by atomic mass is 10.0. The highest BCUT2D eigenvalue weighted by atomic mass is 127. The molecular weight excluding hydrogens is 483 g/mol. The van der Waals surface area contributed by atoms with Crippen LogP contribution in [0.15, 0.2) is 53.5 Å². The normalized spacial score (nSPS) is 15.6. The van der Waals surface area contributed by atoms with Gasteiger partial charge in [0.15, 0.2) is 11.8 Å². The molecule has 0 saturated carbocycles. The lowest BCUT2D eigenvalue weighted by Crippen LogP contribution is -2.37. The first-order valence-electron chi connectivity index (χ1n) is 9.07. The van der Waals surface area contributed by atoms with Gasteiger partial charge in [0.25, 0.3) is 0 Å². The summed E-state index contributed by atoms with van der Waals surface area (Å²) in [6.07, 6.45) is 0.831. The fraction of sp³-hybridized carbons (Fsp3) is 0.250. The first-order valence-corrected chi connectivity index (χ1v) is 9.07. The Morgan fingerprint density at radius 3 is 2.86 bits per heavy atom. The average Bonchev–Trinajstić information content (AvgIpc) is 3.22. The Hall–Kier alpha value is -2.82. The fourth-order valence-electron chi connectivity index (χ4n) is 3.11. The van der Waals surface area contributed by atoms with Crippen LogP contribution in [-0.2, 0) is 6.54 Å². The van der Waals surface area contributed by atoms with Crippen molar-refractivity contribution in [2.45, 2.75) is 19.0 Å². The predicted octanol–water partition coefficient (Wildman–Crippen LogP) is 3.03. The minimum Gasteiger partial charge on any atom is -0.497 e. The van der Waals surface area contributed by atoms with Gasteiger partial charge in [0.05, 0.1) is 19.8 Å². The van der Waals surface area contributed by atoms with Crippen LogP contribution >= 0.6 is 24.0 Å². The zero-order valence-corrected chi connectivity index (χ0v) is 18.3. The van der Waals surface area contributed by atoms with E-state index >= 15 is 0 Å². The molecule has 4 N–H and O–H groups in total. The van der Waals surface area contributed by atoms with E-state index in [0.29, 0.717) is 30.8 Å². The van der Waals surface area contributed by atoms with E-state index < -0.39 is 0 Å². The standard InChI is InChI=1S/C20H22N6O2.HI/c1-27-14-8-6-13(7-9-14)19-24-18(25-26-19)12-22-20(21)23-16-10-11-28-17-5-3-2-4-15(16)17;/h2-9,16H,10-12H2,1H3,(H3,21,22,23)(H,24,25,26);1H. The molecule has 1 aliphatic rings. The van der Waals surface area contributed by atoms with Crippen molar-refractivity contribution in [3.05, 3.63) is 59.9 Å². The van der Waals surface area contributed by atoms with E-state index in [1.54, 1.807) is 7.11 Å². The van der Waals surface area contributed by atoms with Crippen LogP contribution in [0.25, 0.3) is 11.4 Å². The van der Waals surface area contributed by atoms with E-state index in [0.717, 1.165) is 29.0 Å². The SMILES string of the molecule is COc1ccc(-c2n[nH]c(CN=C(N)NC3CCOc4ccccc43)n2)cc1.I. The number of H-pyrrole nitrogens is 1. The highest BCUT2D eigenvalue weighted by Crippen LogP contribution is 2.31. The number of fused-ring (bicyclic) bond motifs is 1. The predicted molar refractivity (Wildman–Crippen MR) is 122 cm³/mol. The summed E-state index contributed by atoms with van der Waals surface area (Å²) in [5.41, 5.74) is 8.07. The third kappa shape index (κ3) is 4.97. The van der Waals surface area contributed by atoms with E-state index in [-0.39, 0.29) is 30.0 Å². The molecule has 3 aromatic rings. The summed E-state index contributed by atoms with van der Waals surface area (Å²) in [5.74, 6) is 3.29. The number of ether oxygens (including phenoxy) is 2. The van der Waals surface area contributed by atoms with Crippen molar-refractivity contribution in [2.75, 3.05) is 13.7 Å². The van der Waals surface area contributed by atoms with Gasteiger partial charge in [0.2, 0.25) is 0 Å². The molecule has 1 unspecified atom stereocenters. The number of benzene rings is 2. The molecule has 2 aromatic carbocycles. The number of methoxy groups -OCH3 is 1. The Morgan fingerprint density at radius 1 is 1.28 bits per heavy atom. The molecular formula is C20H23IN6O2. The van der Waals surface area contributed by atoms with Crippen molar-refractivity contribution in [1.29, 1.82) is 0 Å². The van der Waals surface area contributed by atoms with Gasteiger partial charge in [0.1, 0.15) is 23.9 Å². The van der Waals surface area contributed by atoms with Gasteiger partial charge in [-0.2, -0.15) is 5.10 Å². The number of hydrogen-bond donors (Lipinski definition) is 3. The van der Waals surface area contributed by atoms with Crippen LogP contribution in [0.1, 0.15) is 23.9 Å². The van der Waals surface area contributed by atoms with Gasteiger partial charge in [0, 0.05) is 17.5 Å². The maximum atomic E-state index is 6.08. The molecule has 9 heteroatoms. The Labute approximate surface area is 186 Å². The number of aromatic amines is 1. The second-order valence-electron chi connectivity index (χ2n) is 6.41. The number of rotatable bonds is 5. The van der Waals surface area contributed by atoms with Crippen molar-refractivity contribution in [3.63, 3.8) is 0 Å². The molecule has 0 bridgehead atoms. The van der Waals surface area contributed by atoms with Crippen LogP contribution in [0.3, 0.4) is 0 Å². The van der Waals surface area contributed by atoms with Crippen molar-refractivity contribution < 1.29 is 9.47 Å². The Morgan fingerprint density at radius 2 is 2.07 bits per heavy atom. The average molecular weight is 506 g/mol. The lowest BCUT2D eigenvalue weighted by Gasteiger charge is -2.26. The number of hydrogen-bond acceptors (Lipinski definition) is 5. The minimum absolute atomic E-state index is 0. The maximum absolute atomic E-state index is 6.08. The zero-order chi connectivity index (χ0) is 19.3. The topological polar surface area (TPSA) is 110 Å². The molecule has 1 aliphatic heterocycles. The number of para-hydroxylation sites is 1. The number of nitrogens with two attached hydrogens (primary N) is 1. The van der Waals surface area contributed by atoms with Gasteiger partial charge < -0.3 is 20.5 Å². The summed E-state index contributed by atoms with van der Waals surface area (Å²) < 4.78 is 10.8. The molecule has 0 amide bonds. The zero-order valence-electron chi connectivity index (χ0n) is 16.0. The van der Waals surface area contributed by atoms with Crippen LogP contribution < -0.4 is 20.5 Å². The van der Waals surface area contributed by atoms with Crippen LogP contribution in [0, 0.1) is 0 Å². The van der Waals surface area contributed by atoms with Crippen LogP contribution in [0.5, 0.6) is 11.5 Å². The van der Waals surface area contributed by atoms with Gasteiger partial charge >= 0.3 is 0 Å². The summed E-state index contributed by atoms with van der Waals surface area (Å²) in [6, 6.07) is 15.6. The Balaban J connectivity index is 0.00000240. The van der Waals surface area contributed by atoms with Gasteiger partial charge in [-0.1, -0.05) is 18.2 Å². The Bertz CT molecular complexity index is 973. The third-order valence-corrected chi connectivity index (χ3v) is 4.56. The summed E-state index contributed by atoms with van der Waals surface area (Å²) in [5, 5.41) is 10.4. The van der Waals surface area contributed by atoms with Gasteiger partial charge in [-0.25, -0.2) is 9.98 Å². The van der Waals surface area contributed by atoms with Gasteiger partial charge in [-0.3, -0.25) is 5.10 Å². The van der Waals surface area contributed by atoms with E-state index in [1.807, 2.05) is 48.5 Å². The monoisotopic (exact) mass is 506 g/mol. The van der Waals surface area contributed by atoms with E-state index in [9.17, 15) is 0 Å². The van der Waals surface area contributed by atoms with Crippen molar-refractivity contribution >= 4 is 29.9 Å². The molecule has 1 atom stereocenters. The van der Waals surface area contributed by atoms with Crippen LogP contribution in [0.4, 0.5) is 0 Å². The molecule has 0 saturated heterocycles. The van der Waals surface area contributed by atoms with E-state index in [4.69, 9.17) is 15.2 Å².